The van der Waals surface area contributed by atoms with Crippen LogP contribution in [-0.2, 0) is 9.63 Å². The van der Waals surface area contributed by atoms with Crippen molar-refractivity contribution in [1.29, 1.82) is 0 Å². The number of aliphatic hydroxyl groups excluding tert-OH is 1. The van der Waals surface area contributed by atoms with Crippen LogP contribution in [0.4, 0.5) is 0 Å². The smallest absolute Gasteiger partial charge is 0.219 e. The highest BCUT2D eigenvalue weighted by Crippen LogP contribution is 2.42. The minimum absolute atomic E-state index is 0.219. The number of allylic oxidation sites excluding steroid dienone is 5. The first kappa shape index (κ1) is 18.7. The quantitative estimate of drug-likeness (QED) is 0.401. The Kier molecular flexibility index (Phi) is 7.53. The van der Waals surface area contributed by atoms with Crippen molar-refractivity contribution in [3.63, 3.8) is 0 Å². The average Bonchev–Trinajstić information content (AvgIpc) is 3.10. The summed E-state index contributed by atoms with van der Waals surface area (Å²) in [5.74, 6) is 0.609. The highest BCUT2D eigenvalue weighted by Gasteiger charge is 2.32. The zero-order valence-electron chi connectivity index (χ0n) is 14.5. The van der Waals surface area contributed by atoms with Gasteiger partial charge >= 0.3 is 0 Å². The van der Waals surface area contributed by atoms with E-state index in [1.54, 1.807) is 0 Å². The zero-order chi connectivity index (χ0) is 17.4. The SMILES string of the molecule is CCCCCC(O)C=CC1=CC[C@@H]2CC(NOCCC(N)=O)=C[C@@H]12. The summed E-state index contributed by atoms with van der Waals surface area (Å²) < 4.78 is 0. The van der Waals surface area contributed by atoms with Gasteiger partial charge in [-0.15, -0.1) is 0 Å². The molecule has 24 heavy (non-hydrogen) atoms. The van der Waals surface area contributed by atoms with Gasteiger partial charge in [0.05, 0.1) is 19.1 Å². The summed E-state index contributed by atoms with van der Waals surface area (Å²) in [6, 6.07) is 0. The summed E-state index contributed by atoms with van der Waals surface area (Å²) in [6.45, 7) is 2.45. The number of primary amides is 1. The third-order valence-corrected chi connectivity index (χ3v) is 4.68. The van der Waals surface area contributed by atoms with Gasteiger partial charge in [0.25, 0.3) is 0 Å². The number of carbonyl (C=O) groups is 1. The monoisotopic (exact) mass is 334 g/mol. The molecule has 5 heteroatoms. The molecule has 0 aromatic rings. The number of hydrogen-bond acceptors (Lipinski definition) is 4. The van der Waals surface area contributed by atoms with Crippen molar-refractivity contribution in [1.82, 2.24) is 5.48 Å². The molecule has 0 heterocycles. The Bertz CT molecular complexity index is 511. The van der Waals surface area contributed by atoms with E-state index in [-0.39, 0.29) is 25.0 Å². The number of hydroxylamine groups is 1. The lowest BCUT2D eigenvalue weighted by Crippen LogP contribution is -2.19. The molecule has 2 aliphatic rings. The third kappa shape index (κ3) is 5.80. The van der Waals surface area contributed by atoms with Crippen LogP contribution in [0.5, 0.6) is 0 Å². The number of amides is 1. The van der Waals surface area contributed by atoms with Crippen LogP contribution in [0.1, 0.15) is 51.9 Å². The Labute approximate surface area is 144 Å². The van der Waals surface area contributed by atoms with Crippen molar-refractivity contribution < 1.29 is 14.7 Å². The van der Waals surface area contributed by atoms with E-state index >= 15 is 0 Å². The second kappa shape index (κ2) is 9.64. The van der Waals surface area contributed by atoms with Gasteiger partial charge in [-0.05, 0) is 30.8 Å². The Hall–Kier alpha value is -1.59. The van der Waals surface area contributed by atoms with Crippen LogP contribution < -0.4 is 11.2 Å². The second-order valence-electron chi connectivity index (χ2n) is 6.71. The molecule has 0 aromatic carbocycles. The van der Waals surface area contributed by atoms with Crippen molar-refractivity contribution in [3.05, 3.63) is 35.6 Å². The van der Waals surface area contributed by atoms with Crippen LogP contribution in [0.3, 0.4) is 0 Å². The maximum Gasteiger partial charge on any atom is 0.219 e. The number of hydrogen-bond donors (Lipinski definition) is 3. The molecular weight excluding hydrogens is 304 g/mol. The number of rotatable bonds is 11. The number of aliphatic hydroxyl groups is 1. The molecule has 1 unspecified atom stereocenters. The molecule has 0 bridgehead atoms. The molecule has 0 saturated heterocycles. The van der Waals surface area contributed by atoms with Gasteiger partial charge in [0.15, 0.2) is 0 Å². The predicted octanol–water partition coefficient (Wildman–Crippen LogP) is 2.73. The first-order chi connectivity index (χ1) is 11.6. The molecule has 0 spiro atoms. The van der Waals surface area contributed by atoms with Gasteiger partial charge in [-0.3, -0.25) is 15.1 Å². The molecule has 4 N–H and O–H groups in total. The molecule has 1 amide bonds. The number of fused-ring (bicyclic) bond motifs is 1. The number of nitrogens with two attached hydrogens (primary N) is 1. The molecule has 5 nitrogen and oxygen atoms in total. The molecule has 0 fully saturated rings. The van der Waals surface area contributed by atoms with E-state index in [1.165, 1.54) is 18.4 Å². The molecule has 2 rings (SSSR count). The first-order valence-electron chi connectivity index (χ1n) is 9.03. The van der Waals surface area contributed by atoms with Gasteiger partial charge in [0.1, 0.15) is 0 Å². The van der Waals surface area contributed by atoms with Crippen LogP contribution in [0.15, 0.2) is 35.6 Å². The van der Waals surface area contributed by atoms with Crippen LogP contribution in [0, 0.1) is 11.8 Å². The van der Waals surface area contributed by atoms with Crippen molar-refractivity contribution in [2.45, 2.75) is 58.0 Å². The van der Waals surface area contributed by atoms with Crippen molar-refractivity contribution >= 4 is 5.91 Å². The summed E-state index contributed by atoms with van der Waals surface area (Å²) in [4.78, 5) is 16.0. The second-order valence-corrected chi connectivity index (χ2v) is 6.71. The molecule has 3 atom stereocenters. The average molecular weight is 334 g/mol. The van der Waals surface area contributed by atoms with Crippen LogP contribution in [0.2, 0.25) is 0 Å². The zero-order valence-corrected chi connectivity index (χ0v) is 14.5. The summed E-state index contributed by atoms with van der Waals surface area (Å²) >= 11 is 0. The number of nitrogens with one attached hydrogen (secondary N) is 1. The standard InChI is InChI=1S/C19H30N2O3/c1-2-3-4-5-17(22)9-8-14-6-7-15-12-16(13-18(14)15)21-24-11-10-19(20)23/h6,8-9,13,15,17-18,21-22H,2-5,7,10-12H2,1H3,(H2,20,23)/t15-,17?,18+/m1/s1. The van der Waals surface area contributed by atoms with E-state index in [2.05, 4.69) is 30.6 Å². The molecule has 0 saturated carbocycles. The summed E-state index contributed by atoms with van der Waals surface area (Å²) in [5.41, 5.74) is 10.4. The fourth-order valence-corrected chi connectivity index (χ4v) is 3.32. The summed E-state index contributed by atoms with van der Waals surface area (Å²) in [6.07, 6.45) is 14.6. The van der Waals surface area contributed by atoms with E-state index in [0.29, 0.717) is 11.8 Å². The molecule has 134 valence electrons. The van der Waals surface area contributed by atoms with E-state index in [4.69, 9.17) is 10.6 Å². The van der Waals surface area contributed by atoms with Crippen molar-refractivity contribution in [2.75, 3.05) is 6.61 Å². The summed E-state index contributed by atoms with van der Waals surface area (Å²) in [5, 5.41) is 10.0. The van der Waals surface area contributed by atoms with Gasteiger partial charge in [0.2, 0.25) is 5.91 Å². The highest BCUT2D eigenvalue weighted by molar-refractivity contribution is 5.73. The van der Waals surface area contributed by atoms with E-state index in [1.807, 2.05) is 6.08 Å². The van der Waals surface area contributed by atoms with Gasteiger partial charge in [0, 0.05) is 11.6 Å². The van der Waals surface area contributed by atoms with E-state index in [0.717, 1.165) is 31.4 Å². The maximum atomic E-state index is 10.7. The lowest BCUT2D eigenvalue weighted by Gasteiger charge is -2.11. The third-order valence-electron chi connectivity index (χ3n) is 4.68. The Morgan fingerprint density at radius 1 is 1.54 bits per heavy atom. The van der Waals surface area contributed by atoms with Gasteiger partial charge in [-0.25, -0.2) is 0 Å². The van der Waals surface area contributed by atoms with Crippen LogP contribution in [0.25, 0.3) is 0 Å². The van der Waals surface area contributed by atoms with Gasteiger partial charge in [-0.2, -0.15) is 0 Å². The molecule has 0 aromatic heterocycles. The fraction of sp³-hybridized carbons (Fsp3) is 0.632. The number of unbranched alkanes of at least 4 members (excludes halogenated alkanes) is 2. The van der Waals surface area contributed by atoms with Gasteiger partial charge < -0.3 is 10.8 Å². The Balaban J connectivity index is 1.77. The number of carbonyl (C=O) groups excluding carboxylic acids is 1. The maximum absolute atomic E-state index is 10.7. The molecular formula is C19H30N2O3. The lowest BCUT2D eigenvalue weighted by atomic mass is 9.94. The lowest BCUT2D eigenvalue weighted by molar-refractivity contribution is -0.119. The normalized spacial score (nSPS) is 23.9. The van der Waals surface area contributed by atoms with E-state index in [9.17, 15) is 9.90 Å². The minimum atomic E-state index is -0.359. The highest BCUT2D eigenvalue weighted by atomic mass is 16.6. The molecule has 0 aliphatic heterocycles. The largest absolute Gasteiger partial charge is 0.389 e. The molecule has 0 radical (unpaired) electrons. The predicted molar refractivity (Wildman–Crippen MR) is 94.6 cm³/mol. The Morgan fingerprint density at radius 3 is 3.12 bits per heavy atom. The van der Waals surface area contributed by atoms with Crippen LogP contribution in [-0.4, -0.2) is 23.7 Å². The first-order valence-corrected chi connectivity index (χ1v) is 9.03. The van der Waals surface area contributed by atoms with Crippen LogP contribution >= 0.6 is 0 Å². The summed E-state index contributed by atoms with van der Waals surface area (Å²) in [7, 11) is 0. The van der Waals surface area contributed by atoms with Crippen molar-refractivity contribution in [3.8, 4) is 0 Å². The van der Waals surface area contributed by atoms with Crippen molar-refractivity contribution in [2.24, 2.45) is 17.6 Å². The van der Waals surface area contributed by atoms with Gasteiger partial charge in [-0.1, -0.05) is 50.5 Å². The minimum Gasteiger partial charge on any atom is -0.389 e. The Morgan fingerprint density at radius 2 is 2.38 bits per heavy atom. The topological polar surface area (TPSA) is 84.6 Å². The van der Waals surface area contributed by atoms with E-state index < -0.39 is 0 Å². The fourth-order valence-electron chi connectivity index (χ4n) is 3.32. The molecule has 2 aliphatic carbocycles.